The van der Waals surface area contributed by atoms with Crippen molar-refractivity contribution in [3.05, 3.63) is 38.0 Å². The quantitative estimate of drug-likeness (QED) is 0.0770. The highest BCUT2D eigenvalue weighted by Crippen LogP contribution is 2.14. The average Bonchev–Trinajstić information content (AvgIpc) is 2.90. The zero-order valence-corrected chi connectivity index (χ0v) is 20.0. The van der Waals surface area contributed by atoms with Crippen LogP contribution in [0, 0.1) is 10.8 Å². The summed E-state index contributed by atoms with van der Waals surface area (Å²) in [5, 5.41) is 91.6. The van der Waals surface area contributed by atoms with Crippen molar-refractivity contribution in [3.8, 4) is 0 Å². The SMILES string of the molecule is C=CC(=O)O.C=CC(=O)O.C=CC(=O)O.OCC(CO)(CO)CO.OCCOCC(CO)(CO)CO. The van der Waals surface area contributed by atoms with Crippen molar-refractivity contribution in [2.45, 2.75) is 0 Å². The van der Waals surface area contributed by atoms with Crippen LogP contribution in [0.3, 0.4) is 0 Å². The molecule has 0 saturated carbocycles. The van der Waals surface area contributed by atoms with Gasteiger partial charge in [0.05, 0.1) is 76.9 Å². The van der Waals surface area contributed by atoms with E-state index >= 15 is 0 Å². The Morgan fingerprint density at radius 1 is 0.556 bits per heavy atom. The van der Waals surface area contributed by atoms with Crippen LogP contribution >= 0.6 is 0 Å². The highest BCUT2D eigenvalue weighted by atomic mass is 16.5. The molecule has 0 rings (SSSR count). The lowest BCUT2D eigenvalue weighted by Gasteiger charge is -2.26. The lowest BCUT2D eigenvalue weighted by molar-refractivity contribution is -0.132. The minimum absolute atomic E-state index is 0.0388. The second-order valence-corrected chi connectivity index (χ2v) is 6.51. The van der Waals surface area contributed by atoms with Gasteiger partial charge in [-0.25, -0.2) is 14.4 Å². The topological polar surface area (TPSA) is 283 Å². The summed E-state index contributed by atoms with van der Waals surface area (Å²) in [5.74, 6) is -2.94. The van der Waals surface area contributed by atoms with E-state index in [1.807, 2.05) is 0 Å². The van der Waals surface area contributed by atoms with Gasteiger partial charge in [0.15, 0.2) is 0 Å². The smallest absolute Gasteiger partial charge is 0.327 e. The van der Waals surface area contributed by atoms with Crippen LogP contribution in [-0.2, 0) is 19.1 Å². The molecule has 0 unspecified atom stereocenters. The summed E-state index contributed by atoms with van der Waals surface area (Å²) in [6.45, 7) is 6.30. The van der Waals surface area contributed by atoms with Crippen LogP contribution < -0.4 is 0 Å². The van der Waals surface area contributed by atoms with E-state index in [2.05, 4.69) is 19.7 Å². The molecule has 15 heteroatoms. The molecular formula is C21H40O15. The van der Waals surface area contributed by atoms with Crippen molar-refractivity contribution < 1.29 is 75.3 Å². The van der Waals surface area contributed by atoms with Crippen molar-refractivity contribution in [1.82, 2.24) is 0 Å². The Morgan fingerprint density at radius 3 is 0.889 bits per heavy atom. The standard InChI is InChI=1S/C7H16O5.C5H12O4.3C3H4O2/c8-1-2-12-6-7(3-9,4-10)5-11;6-1-5(2-7,3-8)4-9;3*1-2-3(4)5/h8-11H,1-6H2;6-9H,1-4H2;3*2H,1H2,(H,4,5). The fourth-order valence-corrected chi connectivity index (χ4v) is 0.940. The van der Waals surface area contributed by atoms with E-state index in [1.54, 1.807) is 0 Å². The third-order valence-electron chi connectivity index (χ3n) is 3.52. The van der Waals surface area contributed by atoms with Crippen molar-refractivity contribution >= 4 is 17.9 Å². The van der Waals surface area contributed by atoms with E-state index in [0.717, 1.165) is 18.2 Å². The third-order valence-corrected chi connectivity index (χ3v) is 3.52. The lowest BCUT2D eigenvalue weighted by Crippen LogP contribution is -2.39. The molecule has 0 heterocycles. The molecule has 11 N–H and O–H groups in total. The summed E-state index contributed by atoms with van der Waals surface area (Å²) >= 11 is 0. The van der Waals surface area contributed by atoms with Crippen LogP contribution in [-0.4, -0.2) is 140 Å². The fraction of sp³-hybridized carbons (Fsp3) is 0.571. The second kappa shape index (κ2) is 30.3. The Labute approximate surface area is 208 Å². The average molecular weight is 533 g/mol. The number of aliphatic hydroxyl groups is 8. The van der Waals surface area contributed by atoms with Gasteiger partial charge in [-0.2, -0.15) is 0 Å². The molecule has 0 radical (unpaired) electrons. The van der Waals surface area contributed by atoms with Gasteiger partial charge in [0.1, 0.15) is 0 Å². The van der Waals surface area contributed by atoms with E-state index in [4.69, 9.17) is 60.9 Å². The van der Waals surface area contributed by atoms with E-state index in [9.17, 15) is 14.4 Å². The fourth-order valence-electron chi connectivity index (χ4n) is 0.940. The number of hydrogen-bond donors (Lipinski definition) is 11. The lowest BCUT2D eigenvalue weighted by atomic mass is 9.93. The summed E-state index contributed by atoms with van der Waals surface area (Å²) in [5.41, 5.74) is -2.10. The van der Waals surface area contributed by atoms with Gasteiger partial charge in [-0.3, -0.25) is 0 Å². The minimum atomic E-state index is -1.11. The molecule has 0 spiro atoms. The molecular weight excluding hydrogens is 492 g/mol. The van der Waals surface area contributed by atoms with Gasteiger partial charge in [-0.15, -0.1) is 0 Å². The van der Waals surface area contributed by atoms with Gasteiger partial charge in [-0.1, -0.05) is 19.7 Å². The maximum Gasteiger partial charge on any atom is 0.327 e. The largest absolute Gasteiger partial charge is 0.478 e. The van der Waals surface area contributed by atoms with Crippen LogP contribution in [0.25, 0.3) is 0 Å². The predicted octanol–water partition coefficient (Wildman–Crippen LogP) is -3.33. The van der Waals surface area contributed by atoms with E-state index in [0.29, 0.717) is 0 Å². The van der Waals surface area contributed by atoms with Gasteiger partial charge in [0.25, 0.3) is 0 Å². The molecule has 0 bridgehead atoms. The molecule has 0 saturated heterocycles. The van der Waals surface area contributed by atoms with Gasteiger partial charge < -0.3 is 60.9 Å². The maximum atomic E-state index is 9.25. The second-order valence-electron chi connectivity index (χ2n) is 6.51. The normalized spacial score (nSPS) is 9.67. The maximum absolute atomic E-state index is 9.25. The van der Waals surface area contributed by atoms with Crippen LogP contribution in [0.15, 0.2) is 38.0 Å². The van der Waals surface area contributed by atoms with Crippen LogP contribution in [0.2, 0.25) is 0 Å². The molecule has 214 valence electrons. The highest BCUT2D eigenvalue weighted by Gasteiger charge is 2.28. The van der Waals surface area contributed by atoms with Crippen LogP contribution in [0.4, 0.5) is 0 Å². The summed E-state index contributed by atoms with van der Waals surface area (Å²) in [6, 6.07) is 0. The first-order chi connectivity index (χ1) is 16.8. The van der Waals surface area contributed by atoms with Crippen LogP contribution in [0.5, 0.6) is 0 Å². The molecule has 0 aromatic heterocycles. The van der Waals surface area contributed by atoms with Gasteiger partial charge in [0, 0.05) is 18.2 Å². The summed E-state index contributed by atoms with van der Waals surface area (Å²) < 4.78 is 4.89. The zero-order valence-electron chi connectivity index (χ0n) is 20.0. The molecule has 15 nitrogen and oxygen atoms in total. The molecule has 0 aromatic carbocycles. The Bertz CT molecular complexity index is 501. The van der Waals surface area contributed by atoms with Gasteiger partial charge in [-0.05, 0) is 0 Å². The number of aliphatic hydroxyl groups excluding tert-OH is 8. The summed E-state index contributed by atoms with van der Waals surface area (Å²) in [4.78, 5) is 27.8. The Balaban J connectivity index is -0.000000118. The van der Waals surface area contributed by atoms with Crippen molar-refractivity contribution in [2.24, 2.45) is 10.8 Å². The molecule has 0 fully saturated rings. The summed E-state index contributed by atoms with van der Waals surface area (Å²) in [6.07, 6.45) is 2.50. The predicted molar refractivity (Wildman–Crippen MR) is 126 cm³/mol. The molecule has 36 heavy (non-hydrogen) atoms. The Morgan fingerprint density at radius 2 is 0.778 bits per heavy atom. The van der Waals surface area contributed by atoms with Crippen molar-refractivity contribution in [2.75, 3.05) is 66.1 Å². The molecule has 0 atom stereocenters. The van der Waals surface area contributed by atoms with E-state index < -0.39 is 55.2 Å². The number of ether oxygens (including phenoxy) is 1. The highest BCUT2D eigenvalue weighted by molar-refractivity contribution is 5.79. The first-order valence-corrected chi connectivity index (χ1v) is 9.81. The summed E-state index contributed by atoms with van der Waals surface area (Å²) in [7, 11) is 0. The zero-order chi connectivity index (χ0) is 29.6. The van der Waals surface area contributed by atoms with Gasteiger partial charge in [0.2, 0.25) is 0 Å². The molecule has 0 amide bonds. The van der Waals surface area contributed by atoms with Crippen LogP contribution in [0.1, 0.15) is 0 Å². The number of carboxylic acids is 3. The first-order valence-electron chi connectivity index (χ1n) is 9.81. The van der Waals surface area contributed by atoms with E-state index in [1.165, 1.54) is 0 Å². The number of rotatable bonds is 14. The molecule has 0 aliphatic carbocycles. The minimum Gasteiger partial charge on any atom is -0.478 e. The Hall–Kier alpha value is -2.73. The van der Waals surface area contributed by atoms with Gasteiger partial charge >= 0.3 is 17.9 Å². The molecule has 0 aliphatic heterocycles. The number of carboxylic acid groups (broad SMARTS) is 3. The number of hydrogen-bond acceptors (Lipinski definition) is 12. The third kappa shape index (κ3) is 31.3. The van der Waals surface area contributed by atoms with E-state index in [-0.39, 0.29) is 39.6 Å². The Kier molecular flexibility index (Phi) is 36.5. The first kappa shape index (κ1) is 43.4. The monoisotopic (exact) mass is 532 g/mol. The van der Waals surface area contributed by atoms with Crippen molar-refractivity contribution in [3.63, 3.8) is 0 Å². The molecule has 0 aromatic rings. The number of aliphatic carboxylic acids is 3. The molecule has 0 aliphatic rings. The number of carbonyl (C=O) groups is 3. The van der Waals surface area contributed by atoms with Crippen molar-refractivity contribution in [1.29, 1.82) is 0 Å².